The Labute approximate surface area is 60.2 Å². The Kier molecular flexibility index (Phi) is 4.25. The molecular weight excluding hydrogens is 130 g/mol. The van der Waals surface area contributed by atoms with E-state index in [0.29, 0.717) is 0 Å². The summed E-state index contributed by atoms with van der Waals surface area (Å²) in [5.74, 6) is -0.295. The van der Waals surface area contributed by atoms with Crippen molar-refractivity contribution >= 4 is 5.91 Å². The van der Waals surface area contributed by atoms with E-state index in [9.17, 15) is 4.79 Å². The molecule has 4 nitrogen and oxygen atoms in total. The van der Waals surface area contributed by atoms with Crippen LogP contribution < -0.4 is 10.6 Å². The molecule has 56 valence electrons. The molecular formula is C6H11N3O. The van der Waals surface area contributed by atoms with Gasteiger partial charge in [0.15, 0.2) is 6.19 Å². The summed E-state index contributed by atoms with van der Waals surface area (Å²) < 4.78 is 0. The predicted molar refractivity (Wildman–Crippen MR) is 36.9 cm³/mol. The molecule has 0 saturated heterocycles. The van der Waals surface area contributed by atoms with E-state index in [-0.39, 0.29) is 18.5 Å². The molecule has 4 heteroatoms. The van der Waals surface area contributed by atoms with Crippen molar-refractivity contribution in [1.29, 1.82) is 5.26 Å². The Balaban J connectivity index is 3.33. The number of carbonyl (C=O) groups is 1. The highest BCUT2D eigenvalue weighted by Crippen LogP contribution is 1.73. The minimum absolute atomic E-state index is 0.200. The lowest BCUT2D eigenvalue weighted by atomic mass is 10.4. The van der Waals surface area contributed by atoms with Crippen molar-refractivity contribution < 1.29 is 4.79 Å². The Hall–Kier alpha value is -1.08. The number of hydrogen-bond acceptors (Lipinski definition) is 3. The second-order valence-electron chi connectivity index (χ2n) is 2.20. The largest absolute Gasteiger partial charge is 0.306 e. The summed E-state index contributed by atoms with van der Waals surface area (Å²) in [6.45, 7) is 4.06. The highest BCUT2D eigenvalue weighted by molar-refractivity contribution is 5.79. The summed E-state index contributed by atoms with van der Waals surface area (Å²) in [7, 11) is 0. The monoisotopic (exact) mass is 141 g/mol. The molecule has 0 aromatic heterocycles. The van der Waals surface area contributed by atoms with Crippen LogP contribution in [0.1, 0.15) is 13.8 Å². The maximum Gasteiger partial charge on any atom is 0.246 e. The molecule has 0 fully saturated rings. The van der Waals surface area contributed by atoms with Crippen molar-refractivity contribution in [3.63, 3.8) is 0 Å². The van der Waals surface area contributed by atoms with Crippen LogP contribution in [0.25, 0.3) is 0 Å². The van der Waals surface area contributed by atoms with E-state index in [4.69, 9.17) is 5.26 Å². The molecule has 0 aliphatic carbocycles. The maximum atomic E-state index is 10.6. The van der Waals surface area contributed by atoms with Gasteiger partial charge in [0.25, 0.3) is 0 Å². The maximum absolute atomic E-state index is 10.6. The molecule has 0 bridgehead atoms. The molecule has 0 rings (SSSR count). The van der Waals surface area contributed by atoms with E-state index in [0.717, 1.165) is 0 Å². The molecule has 10 heavy (non-hydrogen) atoms. The van der Waals surface area contributed by atoms with Gasteiger partial charge < -0.3 is 5.32 Å². The number of hydrogen-bond donors (Lipinski definition) is 2. The van der Waals surface area contributed by atoms with Gasteiger partial charge in [0.05, 0.1) is 6.54 Å². The number of carbonyl (C=O) groups excluding carboxylic acids is 1. The average Bonchev–Trinajstić information content (AvgIpc) is 1.85. The minimum Gasteiger partial charge on any atom is -0.306 e. The van der Waals surface area contributed by atoms with Gasteiger partial charge in [0, 0.05) is 6.04 Å². The van der Waals surface area contributed by atoms with E-state index in [1.54, 1.807) is 6.19 Å². The third-order valence-electron chi connectivity index (χ3n) is 0.866. The van der Waals surface area contributed by atoms with Crippen molar-refractivity contribution in [1.82, 2.24) is 10.6 Å². The Bertz CT molecular complexity index is 148. The zero-order chi connectivity index (χ0) is 7.98. The number of nitrogens with zero attached hydrogens (tertiary/aromatic N) is 1. The lowest BCUT2D eigenvalue weighted by Crippen LogP contribution is -2.34. The predicted octanol–water partition coefficient (Wildman–Crippen LogP) is -0.418. The smallest absolute Gasteiger partial charge is 0.246 e. The molecule has 0 unspecified atom stereocenters. The standard InChI is InChI=1S/C6H11N3O/c1-5(2)8-3-6(10)9-4-7/h5,8H,3H2,1-2H3,(H,9,10). The second-order valence-corrected chi connectivity index (χ2v) is 2.20. The zero-order valence-electron chi connectivity index (χ0n) is 6.14. The van der Waals surface area contributed by atoms with Crippen LogP contribution in [0.5, 0.6) is 0 Å². The highest BCUT2D eigenvalue weighted by atomic mass is 16.1. The van der Waals surface area contributed by atoms with Crippen molar-refractivity contribution in [3.8, 4) is 6.19 Å². The van der Waals surface area contributed by atoms with Crippen LogP contribution in [-0.2, 0) is 4.79 Å². The molecule has 0 aliphatic rings. The lowest BCUT2D eigenvalue weighted by Gasteiger charge is -2.04. The third-order valence-corrected chi connectivity index (χ3v) is 0.866. The Morgan fingerprint density at radius 2 is 2.30 bits per heavy atom. The minimum atomic E-state index is -0.295. The first kappa shape index (κ1) is 8.92. The fourth-order valence-corrected chi connectivity index (χ4v) is 0.403. The number of amides is 1. The van der Waals surface area contributed by atoms with Gasteiger partial charge in [-0.1, -0.05) is 13.8 Å². The lowest BCUT2D eigenvalue weighted by molar-refractivity contribution is -0.119. The summed E-state index contributed by atoms with van der Waals surface area (Å²) in [5, 5.41) is 12.9. The normalized spacial score (nSPS) is 9.00. The van der Waals surface area contributed by atoms with Gasteiger partial charge in [0.2, 0.25) is 5.91 Å². The summed E-state index contributed by atoms with van der Waals surface area (Å²) in [4.78, 5) is 10.6. The van der Waals surface area contributed by atoms with Crippen LogP contribution in [-0.4, -0.2) is 18.5 Å². The summed E-state index contributed by atoms with van der Waals surface area (Å²) in [5.41, 5.74) is 0. The van der Waals surface area contributed by atoms with Crippen molar-refractivity contribution in [3.05, 3.63) is 0 Å². The summed E-state index contributed by atoms with van der Waals surface area (Å²) in [6.07, 6.45) is 1.55. The van der Waals surface area contributed by atoms with Crippen molar-refractivity contribution in [2.75, 3.05) is 6.54 Å². The van der Waals surface area contributed by atoms with Crippen molar-refractivity contribution in [2.24, 2.45) is 0 Å². The molecule has 2 N–H and O–H groups in total. The second kappa shape index (κ2) is 4.77. The van der Waals surface area contributed by atoms with Gasteiger partial charge in [-0.2, -0.15) is 5.26 Å². The number of nitriles is 1. The van der Waals surface area contributed by atoms with Crippen LogP contribution in [0, 0.1) is 11.5 Å². The molecule has 0 spiro atoms. The van der Waals surface area contributed by atoms with E-state index in [1.807, 2.05) is 19.2 Å². The van der Waals surface area contributed by atoms with Gasteiger partial charge in [0.1, 0.15) is 0 Å². The first-order valence-corrected chi connectivity index (χ1v) is 3.08. The summed E-state index contributed by atoms with van der Waals surface area (Å²) >= 11 is 0. The zero-order valence-corrected chi connectivity index (χ0v) is 6.14. The van der Waals surface area contributed by atoms with Gasteiger partial charge in [-0.15, -0.1) is 0 Å². The Morgan fingerprint density at radius 3 is 2.70 bits per heavy atom. The van der Waals surface area contributed by atoms with Gasteiger partial charge in [-0.05, 0) is 0 Å². The molecule has 0 aromatic carbocycles. The molecule has 0 radical (unpaired) electrons. The molecule has 0 aromatic rings. The molecule has 1 amide bonds. The molecule has 0 aliphatic heterocycles. The van der Waals surface area contributed by atoms with Crippen LogP contribution in [0.4, 0.5) is 0 Å². The number of nitrogens with one attached hydrogen (secondary N) is 2. The summed E-state index contributed by atoms with van der Waals surface area (Å²) in [6, 6.07) is 0.268. The van der Waals surface area contributed by atoms with Crippen LogP contribution >= 0.6 is 0 Å². The highest BCUT2D eigenvalue weighted by Gasteiger charge is 1.98. The fourth-order valence-electron chi connectivity index (χ4n) is 0.403. The van der Waals surface area contributed by atoms with E-state index in [2.05, 4.69) is 5.32 Å². The van der Waals surface area contributed by atoms with E-state index >= 15 is 0 Å². The molecule has 0 heterocycles. The Morgan fingerprint density at radius 1 is 1.70 bits per heavy atom. The van der Waals surface area contributed by atoms with Crippen molar-refractivity contribution in [2.45, 2.75) is 19.9 Å². The number of rotatable bonds is 3. The molecule has 0 atom stereocenters. The average molecular weight is 141 g/mol. The third kappa shape index (κ3) is 5.06. The first-order valence-electron chi connectivity index (χ1n) is 3.08. The van der Waals surface area contributed by atoms with Crippen LogP contribution in [0.3, 0.4) is 0 Å². The van der Waals surface area contributed by atoms with Gasteiger partial charge >= 0.3 is 0 Å². The SMILES string of the molecule is CC(C)NCC(=O)NC#N. The van der Waals surface area contributed by atoms with E-state index < -0.39 is 0 Å². The quantitative estimate of drug-likeness (QED) is 0.414. The first-order chi connectivity index (χ1) is 4.66. The van der Waals surface area contributed by atoms with Gasteiger partial charge in [-0.3, -0.25) is 10.1 Å². The fraction of sp³-hybridized carbons (Fsp3) is 0.667. The van der Waals surface area contributed by atoms with Crippen LogP contribution in [0.2, 0.25) is 0 Å². The van der Waals surface area contributed by atoms with E-state index in [1.165, 1.54) is 0 Å². The van der Waals surface area contributed by atoms with Gasteiger partial charge in [-0.25, -0.2) is 0 Å². The van der Waals surface area contributed by atoms with Crippen LogP contribution in [0.15, 0.2) is 0 Å². The topological polar surface area (TPSA) is 64.9 Å². The molecule has 0 saturated carbocycles.